The molecular weight excluding hydrogens is 301 g/mol. The molecule has 0 saturated carbocycles. The van der Waals surface area contributed by atoms with Crippen molar-refractivity contribution in [2.24, 2.45) is 5.41 Å². The van der Waals surface area contributed by atoms with Crippen molar-refractivity contribution in [1.82, 2.24) is 0 Å². The number of halogens is 3. The summed E-state index contributed by atoms with van der Waals surface area (Å²) in [7, 11) is 0. The van der Waals surface area contributed by atoms with E-state index in [1.807, 2.05) is 6.92 Å². The first-order valence-electron chi connectivity index (χ1n) is 9.22. The summed E-state index contributed by atoms with van der Waals surface area (Å²) in [6, 6.07) is 0. The number of hydrogen-bond donors (Lipinski definition) is 0. The average molecular weight is 336 g/mol. The van der Waals surface area contributed by atoms with E-state index in [0.29, 0.717) is 19.3 Å². The van der Waals surface area contributed by atoms with Gasteiger partial charge in [-0.2, -0.15) is 0 Å². The molecule has 0 spiro atoms. The van der Waals surface area contributed by atoms with Gasteiger partial charge in [0.25, 0.3) is 5.92 Å². The van der Waals surface area contributed by atoms with Crippen LogP contribution >= 0.6 is 0 Å². The summed E-state index contributed by atoms with van der Waals surface area (Å²) in [5.41, 5.74) is -1.12. The number of carbonyl (C=O) groups is 1. The Hall–Kier alpha value is -0.540. The van der Waals surface area contributed by atoms with E-state index in [-0.39, 0.29) is 12.2 Å². The summed E-state index contributed by atoms with van der Waals surface area (Å²) >= 11 is 0. The van der Waals surface area contributed by atoms with E-state index in [4.69, 9.17) is 0 Å². The number of carbonyl (C=O) groups excluding carboxylic acids is 1. The third-order valence-electron chi connectivity index (χ3n) is 4.83. The predicted molar refractivity (Wildman–Crippen MR) is 90.8 cm³/mol. The van der Waals surface area contributed by atoms with Gasteiger partial charge in [-0.15, -0.1) is 0 Å². The molecule has 0 aliphatic heterocycles. The number of ketones is 1. The highest BCUT2D eigenvalue weighted by molar-refractivity contribution is 5.82. The van der Waals surface area contributed by atoms with Gasteiger partial charge < -0.3 is 0 Å². The van der Waals surface area contributed by atoms with E-state index in [9.17, 15) is 18.0 Å². The number of unbranched alkanes of at least 4 members (excludes halogenated alkanes) is 6. The standard InChI is InChI=1S/C19H35F3O/c1-5-7-9-10-11-12-14-18(4,16(3)23)15-19(21,22)17(20)13-8-6-2/h17H,5-15H2,1-4H3. The lowest BCUT2D eigenvalue weighted by molar-refractivity contribution is -0.140. The molecule has 0 N–H and O–H groups in total. The van der Waals surface area contributed by atoms with Crippen LogP contribution in [0.5, 0.6) is 0 Å². The predicted octanol–water partition coefficient (Wildman–Crippen LogP) is 6.89. The van der Waals surface area contributed by atoms with Crippen molar-refractivity contribution in [1.29, 1.82) is 0 Å². The molecule has 23 heavy (non-hydrogen) atoms. The van der Waals surface area contributed by atoms with Gasteiger partial charge in [0.1, 0.15) is 5.78 Å². The van der Waals surface area contributed by atoms with Crippen molar-refractivity contribution in [3.63, 3.8) is 0 Å². The fourth-order valence-electron chi connectivity index (χ4n) is 2.91. The van der Waals surface area contributed by atoms with Gasteiger partial charge in [0.2, 0.25) is 0 Å². The van der Waals surface area contributed by atoms with Crippen molar-refractivity contribution in [3.05, 3.63) is 0 Å². The fraction of sp³-hybridized carbons (Fsp3) is 0.947. The van der Waals surface area contributed by atoms with E-state index < -0.39 is 23.9 Å². The van der Waals surface area contributed by atoms with Gasteiger partial charge in [-0.3, -0.25) is 4.79 Å². The van der Waals surface area contributed by atoms with Crippen LogP contribution in [-0.2, 0) is 4.79 Å². The van der Waals surface area contributed by atoms with E-state index in [2.05, 4.69) is 6.92 Å². The van der Waals surface area contributed by atoms with Gasteiger partial charge in [-0.25, -0.2) is 13.2 Å². The number of alkyl halides is 3. The second-order valence-corrected chi connectivity index (χ2v) is 7.18. The molecule has 0 saturated heterocycles. The van der Waals surface area contributed by atoms with Crippen LogP contribution in [0, 0.1) is 5.41 Å². The molecule has 0 aliphatic carbocycles. The first-order valence-corrected chi connectivity index (χ1v) is 9.22. The van der Waals surface area contributed by atoms with Gasteiger partial charge in [-0.1, -0.05) is 72.1 Å². The maximum Gasteiger partial charge on any atom is 0.279 e. The largest absolute Gasteiger partial charge is 0.299 e. The van der Waals surface area contributed by atoms with E-state index in [1.165, 1.54) is 13.3 Å². The van der Waals surface area contributed by atoms with Gasteiger partial charge in [0.15, 0.2) is 6.17 Å². The average Bonchev–Trinajstić information content (AvgIpc) is 2.47. The van der Waals surface area contributed by atoms with Gasteiger partial charge in [0, 0.05) is 11.8 Å². The topological polar surface area (TPSA) is 17.1 Å². The molecular formula is C19H35F3O. The lowest BCUT2D eigenvalue weighted by atomic mass is 9.75. The van der Waals surface area contributed by atoms with Crippen molar-refractivity contribution in [2.45, 2.75) is 110 Å². The molecule has 0 bridgehead atoms. The van der Waals surface area contributed by atoms with Crippen molar-refractivity contribution in [3.8, 4) is 0 Å². The molecule has 0 radical (unpaired) electrons. The normalized spacial score (nSPS) is 16.1. The van der Waals surface area contributed by atoms with Crippen LogP contribution in [0.2, 0.25) is 0 Å². The Balaban J connectivity index is 4.53. The Bertz CT molecular complexity index is 331. The molecule has 2 atom stereocenters. The van der Waals surface area contributed by atoms with Crippen LogP contribution in [0.25, 0.3) is 0 Å². The van der Waals surface area contributed by atoms with Crippen LogP contribution in [0.1, 0.15) is 98.3 Å². The molecule has 0 aliphatic rings. The SMILES string of the molecule is CCCCCCCCC(C)(CC(F)(F)C(F)CCCC)C(C)=O. The van der Waals surface area contributed by atoms with Crippen LogP contribution in [0.4, 0.5) is 13.2 Å². The fourth-order valence-corrected chi connectivity index (χ4v) is 2.91. The second kappa shape index (κ2) is 11.1. The maximum atomic E-state index is 14.1. The lowest BCUT2D eigenvalue weighted by Crippen LogP contribution is -2.39. The first-order chi connectivity index (χ1) is 10.7. The molecule has 138 valence electrons. The zero-order chi connectivity index (χ0) is 17.9. The first kappa shape index (κ1) is 22.5. The van der Waals surface area contributed by atoms with Crippen molar-refractivity contribution in [2.75, 3.05) is 0 Å². The van der Waals surface area contributed by atoms with E-state index in [1.54, 1.807) is 6.92 Å². The zero-order valence-corrected chi connectivity index (χ0v) is 15.4. The van der Waals surface area contributed by atoms with Gasteiger partial charge in [0.05, 0.1) is 0 Å². The molecule has 0 amide bonds. The maximum absolute atomic E-state index is 14.1. The molecule has 0 aromatic heterocycles. The number of hydrogen-bond acceptors (Lipinski definition) is 1. The number of rotatable bonds is 14. The Labute approximate surface area is 140 Å². The smallest absolute Gasteiger partial charge is 0.279 e. The molecule has 4 heteroatoms. The third kappa shape index (κ3) is 8.76. The van der Waals surface area contributed by atoms with Crippen molar-refractivity contribution < 1.29 is 18.0 Å². The Morgan fingerprint density at radius 1 is 0.957 bits per heavy atom. The van der Waals surface area contributed by atoms with E-state index >= 15 is 0 Å². The molecule has 0 fully saturated rings. The molecule has 1 nitrogen and oxygen atoms in total. The summed E-state index contributed by atoms with van der Waals surface area (Å²) in [5, 5.41) is 0. The molecule has 0 aromatic rings. The highest BCUT2D eigenvalue weighted by atomic mass is 19.3. The minimum atomic E-state index is -3.42. The Morgan fingerprint density at radius 2 is 1.48 bits per heavy atom. The minimum absolute atomic E-state index is 0.130. The molecule has 0 heterocycles. The summed E-state index contributed by atoms with van der Waals surface area (Å²) in [4.78, 5) is 11.9. The van der Waals surface area contributed by atoms with Crippen LogP contribution in [-0.4, -0.2) is 17.9 Å². The minimum Gasteiger partial charge on any atom is -0.299 e. The summed E-state index contributed by atoms with van der Waals surface area (Å²) in [6.07, 6.45) is 4.87. The summed E-state index contributed by atoms with van der Waals surface area (Å²) in [6.45, 7) is 6.91. The highest BCUT2D eigenvalue weighted by Gasteiger charge is 2.47. The van der Waals surface area contributed by atoms with Crippen molar-refractivity contribution >= 4 is 5.78 Å². The Morgan fingerprint density at radius 3 is 2.00 bits per heavy atom. The molecule has 0 rings (SSSR count). The summed E-state index contributed by atoms with van der Waals surface area (Å²) in [5.74, 6) is -3.67. The quantitative estimate of drug-likeness (QED) is 0.316. The highest BCUT2D eigenvalue weighted by Crippen LogP contribution is 2.41. The zero-order valence-electron chi connectivity index (χ0n) is 15.4. The molecule has 0 aromatic carbocycles. The number of Topliss-reactive ketones (excluding diaryl/α,β-unsaturated/α-hetero) is 1. The molecule has 2 unspecified atom stereocenters. The Kier molecular flexibility index (Phi) is 10.8. The van der Waals surface area contributed by atoms with Gasteiger partial charge in [-0.05, 0) is 19.8 Å². The van der Waals surface area contributed by atoms with Crippen LogP contribution in [0.3, 0.4) is 0 Å². The monoisotopic (exact) mass is 336 g/mol. The van der Waals surface area contributed by atoms with E-state index in [0.717, 1.165) is 32.1 Å². The second-order valence-electron chi connectivity index (χ2n) is 7.18. The lowest BCUT2D eigenvalue weighted by Gasteiger charge is -2.32. The summed E-state index contributed by atoms with van der Waals surface area (Å²) < 4.78 is 42.1. The third-order valence-corrected chi connectivity index (χ3v) is 4.83. The van der Waals surface area contributed by atoms with Crippen LogP contribution < -0.4 is 0 Å². The van der Waals surface area contributed by atoms with Crippen LogP contribution in [0.15, 0.2) is 0 Å². The van der Waals surface area contributed by atoms with Gasteiger partial charge >= 0.3 is 0 Å².